The summed E-state index contributed by atoms with van der Waals surface area (Å²) in [4.78, 5) is 12.6. The van der Waals surface area contributed by atoms with Gasteiger partial charge in [-0.05, 0) is 55.7 Å². The minimum Gasteiger partial charge on any atom is -0.494 e. The van der Waals surface area contributed by atoms with Crippen molar-refractivity contribution in [2.75, 3.05) is 19.7 Å². The van der Waals surface area contributed by atoms with Gasteiger partial charge in [-0.15, -0.1) is 0 Å². The van der Waals surface area contributed by atoms with Gasteiger partial charge in [0.05, 0.1) is 11.6 Å². The molecule has 162 valence electrons. The molecule has 6 nitrogen and oxygen atoms in total. The number of carbonyl (C=O) groups is 1. The predicted octanol–water partition coefficient (Wildman–Crippen LogP) is 4.23. The summed E-state index contributed by atoms with van der Waals surface area (Å²) in [5, 5.41) is 2.95. The molecule has 1 heterocycles. The highest BCUT2D eigenvalue weighted by Gasteiger charge is 2.28. The molecule has 0 aliphatic carbocycles. The maximum atomic E-state index is 13.1. The minimum absolute atomic E-state index is 0.0166. The van der Waals surface area contributed by atoms with Gasteiger partial charge in [0.1, 0.15) is 10.6 Å². The van der Waals surface area contributed by atoms with Crippen LogP contribution in [0.25, 0.3) is 0 Å². The van der Waals surface area contributed by atoms with E-state index >= 15 is 0 Å². The Balaban J connectivity index is 1.75. The number of hydrogen-bond donors (Lipinski definition) is 1. The summed E-state index contributed by atoms with van der Waals surface area (Å²) < 4.78 is 33.2. The first-order valence-corrected chi connectivity index (χ1v) is 12.0. The molecule has 1 fully saturated rings. The topological polar surface area (TPSA) is 75.7 Å². The Morgan fingerprint density at radius 1 is 1.10 bits per heavy atom. The largest absolute Gasteiger partial charge is 0.494 e. The molecule has 2 aromatic rings. The number of rotatable bonds is 7. The van der Waals surface area contributed by atoms with Crippen molar-refractivity contribution in [3.8, 4) is 5.75 Å². The number of nitrogens with zero attached hydrogens (tertiary/aromatic N) is 1. The Bertz CT molecular complexity index is 986. The molecule has 2 aromatic carbocycles. The van der Waals surface area contributed by atoms with Crippen molar-refractivity contribution in [1.82, 2.24) is 9.62 Å². The van der Waals surface area contributed by atoms with E-state index in [1.165, 1.54) is 22.5 Å². The van der Waals surface area contributed by atoms with Crippen molar-refractivity contribution in [2.24, 2.45) is 0 Å². The number of sulfonamides is 1. The Morgan fingerprint density at radius 3 is 2.53 bits per heavy atom. The zero-order valence-corrected chi connectivity index (χ0v) is 18.6. The first kappa shape index (κ1) is 22.6. The van der Waals surface area contributed by atoms with Crippen molar-refractivity contribution in [3.05, 3.63) is 58.6 Å². The lowest BCUT2D eigenvalue weighted by Crippen LogP contribution is -2.32. The molecular weight excluding hydrogens is 424 g/mol. The van der Waals surface area contributed by atoms with E-state index in [-0.39, 0.29) is 21.4 Å². The fourth-order valence-electron chi connectivity index (χ4n) is 3.46. The van der Waals surface area contributed by atoms with Crippen LogP contribution in [0.2, 0.25) is 5.02 Å². The molecule has 1 N–H and O–H groups in total. The van der Waals surface area contributed by atoms with Gasteiger partial charge in [-0.25, -0.2) is 8.42 Å². The lowest BCUT2D eigenvalue weighted by atomic mass is 10.2. The van der Waals surface area contributed by atoms with Crippen LogP contribution in [-0.4, -0.2) is 38.3 Å². The normalized spacial score (nSPS) is 15.4. The summed E-state index contributed by atoms with van der Waals surface area (Å²) in [6.45, 7) is 3.73. The van der Waals surface area contributed by atoms with Gasteiger partial charge in [-0.2, -0.15) is 4.31 Å². The summed E-state index contributed by atoms with van der Waals surface area (Å²) in [5.41, 5.74) is 1.15. The molecule has 1 saturated heterocycles. The van der Waals surface area contributed by atoms with Crippen LogP contribution in [0.1, 0.15) is 48.5 Å². The number of amides is 1. The Kier molecular flexibility index (Phi) is 7.75. The van der Waals surface area contributed by atoms with Crippen LogP contribution in [0.15, 0.2) is 47.4 Å². The van der Waals surface area contributed by atoms with Crippen molar-refractivity contribution in [1.29, 1.82) is 0 Å². The third-order valence-corrected chi connectivity index (χ3v) is 7.42. The van der Waals surface area contributed by atoms with E-state index in [0.29, 0.717) is 26.2 Å². The van der Waals surface area contributed by atoms with Gasteiger partial charge in [0.2, 0.25) is 10.0 Å². The minimum atomic E-state index is -3.75. The van der Waals surface area contributed by atoms with Crippen molar-refractivity contribution >= 4 is 27.5 Å². The molecule has 0 saturated carbocycles. The van der Waals surface area contributed by atoms with E-state index in [4.69, 9.17) is 16.3 Å². The standard InChI is InChI=1S/C22H27ClN2O4S/c1-2-29-19-9-7-8-17(14-19)16-24-22(26)18-10-11-20(23)21(15-18)30(27,28)25-12-5-3-4-6-13-25/h7-11,14-15H,2-6,12-13,16H2,1H3,(H,24,26). The van der Waals surface area contributed by atoms with Gasteiger partial charge in [-0.3, -0.25) is 4.79 Å². The Morgan fingerprint density at radius 2 is 1.83 bits per heavy atom. The zero-order chi connectivity index (χ0) is 21.6. The molecule has 3 rings (SSSR count). The summed E-state index contributed by atoms with van der Waals surface area (Å²) in [7, 11) is -3.75. The van der Waals surface area contributed by atoms with Crippen LogP contribution in [-0.2, 0) is 16.6 Å². The highest BCUT2D eigenvalue weighted by molar-refractivity contribution is 7.89. The van der Waals surface area contributed by atoms with Crippen LogP contribution in [0.5, 0.6) is 5.75 Å². The molecule has 0 spiro atoms. The second-order valence-electron chi connectivity index (χ2n) is 7.23. The van der Waals surface area contributed by atoms with Gasteiger partial charge in [0, 0.05) is 25.2 Å². The SMILES string of the molecule is CCOc1cccc(CNC(=O)c2ccc(Cl)c(S(=O)(=O)N3CCCCCC3)c2)c1. The number of nitrogens with one attached hydrogen (secondary N) is 1. The molecule has 0 radical (unpaired) electrons. The first-order valence-electron chi connectivity index (χ1n) is 10.2. The van der Waals surface area contributed by atoms with Crippen LogP contribution in [0.3, 0.4) is 0 Å². The summed E-state index contributed by atoms with van der Waals surface area (Å²) >= 11 is 6.21. The van der Waals surface area contributed by atoms with E-state index in [9.17, 15) is 13.2 Å². The third kappa shape index (κ3) is 5.53. The molecule has 1 aliphatic heterocycles. The summed E-state index contributed by atoms with van der Waals surface area (Å²) in [5.74, 6) is 0.377. The van der Waals surface area contributed by atoms with E-state index in [0.717, 1.165) is 37.0 Å². The van der Waals surface area contributed by atoms with Crippen LogP contribution >= 0.6 is 11.6 Å². The smallest absolute Gasteiger partial charge is 0.251 e. The highest BCUT2D eigenvalue weighted by Crippen LogP contribution is 2.27. The first-order chi connectivity index (χ1) is 14.4. The van der Waals surface area contributed by atoms with Gasteiger partial charge in [0.15, 0.2) is 0 Å². The monoisotopic (exact) mass is 450 g/mol. The fourth-order valence-corrected chi connectivity index (χ4v) is 5.48. The molecule has 30 heavy (non-hydrogen) atoms. The van der Waals surface area contributed by atoms with E-state index in [2.05, 4.69) is 5.32 Å². The number of benzene rings is 2. The lowest BCUT2D eigenvalue weighted by molar-refractivity contribution is 0.0950. The number of carbonyl (C=O) groups excluding carboxylic acids is 1. The quantitative estimate of drug-likeness (QED) is 0.684. The highest BCUT2D eigenvalue weighted by atomic mass is 35.5. The molecule has 0 unspecified atom stereocenters. The summed E-state index contributed by atoms with van der Waals surface area (Å²) in [6, 6.07) is 11.8. The third-order valence-electron chi connectivity index (χ3n) is 5.04. The van der Waals surface area contributed by atoms with Gasteiger partial charge < -0.3 is 10.1 Å². The van der Waals surface area contributed by atoms with Crippen molar-refractivity contribution in [2.45, 2.75) is 44.0 Å². The molecular formula is C22H27ClN2O4S. The number of halogens is 1. The van der Waals surface area contributed by atoms with Crippen molar-refractivity contribution in [3.63, 3.8) is 0 Å². The second-order valence-corrected chi connectivity index (χ2v) is 9.54. The van der Waals surface area contributed by atoms with Crippen LogP contribution < -0.4 is 10.1 Å². The lowest BCUT2D eigenvalue weighted by Gasteiger charge is -2.21. The van der Waals surface area contributed by atoms with Crippen molar-refractivity contribution < 1.29 is 17.9 Å². The molecule has 1 aliphatic rings. The number of ether oxygens (including phenoxy) is 1. The van der Waals surface area contributed by atoms with E-state index in [1.54, 1.807) is 0 Å². The maximum Gasteiger partial charge on any atom is 0.251 e. The van der Waals surface area contributed by atoms with Gasteiger partial charge in [-0.1, -0.05) is 36.6 Å². The molecule has 1 amide bonds. The maximum absolute atomic E-state index is 13.1. The average molecular weight is 451 g/mol. The van der Waals surface area contributed by atoms with Gasteiger partial charge in [0.25, 0.3) is 5.91 Å². The van der Waals surface area contributed by atoms with E-state index < -0.39 is 10.0 Å². The zero-order valence-electron chi connectivity index (χ0n) is 17.1. The van der Waals surface area contributed by atoms with E-state index in [1.807, 2.05) is 31.2 Å². The Hall–Kier alpha value is -2.09. The number of hydrogen-bond acceptors (Lipinski definition) is 4. The van der Waals surface area contributed by atoms with Gasteiger partial charge >= 0.3 is 0 Å². The second kappa shape index (κ2) is 10.3. The molecule has 8 heteroatoms. The predicted molar refractivity (Wildman–Crippen MR) is 117 cm³/mol. The molecule has 0 aromatic heterocycles. The van der Waals surface area contributed by atoms with Crippen LogP contribution in [0.4, 0.5) is 0 Å². The average Bonchev–Trinajstić information content (AvgIpc) is 3.03. The molecule has 0 atom stereocenters. The van der Waals surface area contributed by atoms with Crippen LogP contribution in [0, 0.1) is 0 Å². The summed E-state index contributed by atoms with van der Waals surface area (Å²) in [6.07, 6.45) is 3.70. The molecule has 0 bridgehead atoms. The Labute approximate surface area is 183 Å². The fraction of sp³-hybridized carbons (Fsp3) is 0.409.